The number of benzene rings is 1. The van der Waals surface area contributed by atoms with Gasteiger partial charge in [0, 0.05) is 11.6 Å². The standard InChI is InChI=1S/C10H14FNO/c1-6-4-8(11)10(7(2)12)9(5-6)13-3/h4-5,7H,12H2,1-3H3/t7-/m1/s1. The zero-order valence-corrected chi connectivity index (χ0v) is 8.10. The number of aryl methyl sites for hydroxylation is 1. The van der Waals surface area contributed by atoms with Gasteiger partial charge in [0.05, 0.1) is 7.11 Å². The summed E-state index contributed by atoms with van der Waals surface area (Å²) in [5.41, 5.74) is 6.89. The average Bonchev–Trinajstić information content (AvgIpc) is 2.01. The highest BCUT2D eigenvalue weighted by molar-refractivity contribution is 5.40. The van der Waals surface area contributed by atoms with Gasteiger partial charge in [-0.05, 0) is 31.5 Å². The Balaban J connectivity index is 3.30. The molecule has 0 heterocycles. The number of nitrogens with two attached hydrogens (primary N) is 1. The first kappa shape index (κ1) is 9.99. The topological polar surface area (TPSA) is 35.2 Å². The van der Waals surface area contributed by atoms with Crippen LogP contribution in [0.1, 0.15) is 24.1 Å². The molecule has 0 spiro atoms. The minimum Gasteiger partial charge on any atom is -0.496 e. The summed E-state index contributed by atoms with van der Waals surface area (Å²) >= 11 is 0. The maximum absolute atomic E-state index is 13.4. The third kappa shape index (κ3) is 1.98. The summed E-state index contributed by atoms with van der Waals surface area (Å²) in [4.78, 5) is 0. The lowest BCUT2D eigenvalue weighted by Crippen LogP contribution is -2.09. The molecule has 0 saturated carbocycles. The third-order valence-electron chi connectivity index (χ3n) is 1.91. The van der Waals surface area contributed by atoms with E-state index in [1.807, 2.05) is 6.92 Å². The first-order valence-electron chi connectivity index (χ1n) is 4.16. The van der Waals surface area contributed by atoms with Crippen molar-refractivity contribution < 1.29 is 9.13 Å². The normalized spacial score (nSPS) is 12.7. The lowest BCUT2D eigenvalue weighted by Gasteiger charge is -2.13. The van der Waals surface area contributed by atoms with E-state index in [1.54, 1.807) is 13.0 Å². The fourth-order valence-electron chi connectivity index (χ4n) is 1.33. The van der Waals surface area contributed by atoms with Crippen LogP contribution in [0, 0.1) is 12.7 Å². The molecule has 13 heavy (non-hydrogen) atoms. The molecule has 1 aromatic carbocycles. The van der Waals surface area contributed by atoms with Crippen molar-refractivity contribution in [2.45, 2.75) is 19.9 Å². The summed E-state index contributed by atoms with van der Waals surface area (Å²) in [5, 5.41) is 0. The third-order valence-corrected chi connectivity index (χ3v) is 1.91. The number of hydrogen-bond donors (Lipinski definition) is 1. The molecule has 0 saturated heterocycles. The Morgan fingerprint density at radius 2 is 2.08 bits per heavy atom. The van der Waals surface area contributed by atoms with Gasteiger partial charge in [-0.1, -0.05) is 0 Å². The monoisotopic (exact) mass is 183 g/mol. The SMILES string of the molecule is COc1cc(C)cc(F)c1[C@@H](C)N. The highest BCUT2D eigenvalue weighted by atomic mass is 19.1. The predicted molar refractivity (Wildman–Crippen MR) is 50.3 cm³/mol. The Morgan fingerprint density at radius 1 is 1.46 bits per heavy atom. The van der Waals surface area contributed by atoms with Gasteiger partial charge in [-0.2, -0.15) is 0 Å². The van der Waals surface area contributed by atoms with Gasteiger partial charge in [-0.15, -0.1) is 0 Å². The molecule has 0 aliphatic heterocycles. The van der Waals surface area contributed by atoms with Gasteiger partial charge in [0.1, 0.15) is 11.6 Å². The van der Waals surface area contributed by atoms with Crippen LogP contribution in [0.2, 0.25) is 0 Å². The van der Waals surface area contributed by atoms with E-state index in [2.05, 4.69) is 0 Å². The Bertz CT molecular complexity index is 310. The second kappa shape index (κ2) is 3.75. The molecule has 72 valence electrons. The van der Waals surface area contributed by atoms with Gasteiger partial charge >= 0.3 is 0 Å². The molecule has 0 bridgehead atoms. The molecule has 0 radical (unpaired) electrons. The van der Waals surface area contributed by atoms with Crippen LogP contribution >= 0.6 is 0 Å². The molecule has 0 amide bonds. The lowest BCUT2D eigenvalue weighted by molar-refractivity contribution is 0.400. The number of ether oxygens (including phenoxy) is 1. The van der Waals surface area contributed by atoms with Gasteiger partial charge in [-0.3, -0.25) is 0 Å². The summed E-state index contributed by atoms with van der Waals surface area (Å²) in [6, 6.07) is 2.89. The van der Waals surface area contributed by atoms with E-state index in [1.165, 1.54) is 13.2 Å². The molecule has 3 heteroatoms. The van der Waals surface area contributed by atoms with Crippen LogP contribution in [0.4, 0.5) is 4.39 Å². The Kier molecular flexibility index (Phi) is 2.88. The largest absolute Gasteiger partial charge is 0.496 e. The average molecular weight is 183 g/mol. The Hall–Kier alpha value is -1.09. The van der Waals surface area contributed by atoms with Gasteiger partial charge < -0.3 is 10.5 Å². The van der Waals surface area contributed by atoms with E-state index < -0.39 is 0 Å². The molecular formula is C10H14FNO. The van der Waals surface area contributed by atoms with Crippen molar-refractivity contribution in [2.75, 3.05) is 7.11 Å². The molecule has 0 aromatic heterocycles. The van der Waals surface area contributed by atoms with Crippen molar-refractivity contribution in [1.29, 1.82) is 0 Å². The predicted octanol–water partition coefficient (Wildman–Crippen LogP) is 2.16. The fraction of sp³-hybridized carbons (Fsp3) is 0.400. The van der Waals surface area contributed by atoms with Crippen molar-refractivity contribution in [1.82, 2.24) is 0 Å². The number of rotatable bonds is 2. The maximum Gasteiger partial charge on any atom is 0.131 e. The van der Waals surface area contributed by atoms with Crippen LogP contribution in [-0.2, 0) is 0 Å². The zero-order valence-electron chi connectivity index (χ0n) is 8.10. The van der Waals surface area contributed by atoms with Crippen molar-refractivity contribution >= 4 is 0 Å². The summed E-state index contributed by atoms with van der Waals surface area (Å²) in [6.07, 6.45) is 0. The van der Waals surface area contributed by atoms with E-state index in [-0.39, 0.29) is 11.9 Å². The van der Waals surface area contributed by atoms with E-state index >= 15 is 0 Å². The van der Waals surface area contributed by atoms with Gasteiger partial charge in [0.2, 0.25) is 0 Å². The Labute approximate surface area is 77.5 Å². The number of methoxy groups -OCH3 is 1. The molecule has 0 aliphatic carbocycles. The Morgan fingerprint density at radius 3 is 2.54 bits per heavy atom. The molecule has 0 fully saturated rings. The summed E-state index contributed by atoms with van der Waals surface area (Å²) in [7, 11) is 1.51. The molecule has 1 rings (SSSR count). The van der Waals surface area contributed by atoms with Gasteiger partial charge in [0.25, 0.3) is 0 Å². The highest BCUT2D eigenvalue weighted by Crippen LogP contribution is 2.27. The van der Waals surface area contributed by atoms with Crippen LogP contribution in [0.3, 0.4) is 0 Å². The van der Waals surface area contributed by atoms with Crippen molar-refractivity contribution in [3.8, 4) is 5.75 Å². The van der Waals surface area contributed by atoms with Crippen LogP contribution in [0.15, 0.2) is 12.1 Å². The molecule has 0 unspecified atom stereocenters. The van der Waals surface area contributed by atoms with Crippen molar-refractivity contribution in [3.63, 3.8) is 0 Å². The van der Waals surface area contributed by atoms with Crippen LogP contribution in [0.5, 0.6) is 5.75 Å². The van der Waals surface area contributed by atoms with E-state index in [9.17, 15) is 4.39 Å². The van der Waals surface area contributed by atoms with Gasteiger partial charge in [-0.25, -0.2) is 4.39 Å². The first-order valence-corrected chi connectivity index (χ1v) is 4.16. The molecule has 1 aromatic rings. The second-order valence-corrected chi connectivity index (χ2v) is 3.15. The first-order chi connectivity index (χ1) is 6.06. The van der Waals surface area contributed by atoms with E-state index in [0.717, 1.165) is 5.56 Å². The van der Waals surface area contributed by atoms with Gasteiger partial charge in [0.15, 0.2) is 0 Å². The smallest absolute Gasteiger partial charge is 0.131 e. The van der Waals surface area contributed by atoms with E-state index in [0.29, 0.717) is 11.3 Å². The minimum atomic E-state index is -0.351. The quantitative estimate of drug-likeness (QED) is 0.762. The second-order valence-electron chi connectivity index (χ2n) is 3.15. The minimum absolute atomic E-state index is 0.299. The fourth-order valence-corrected chi connectivity index (χ4v) is 1.33. The van der Waals surface area contributed by atoms with Crippen LogP contribution in [-0.4, -0.2) is 7.11 Å². The molecule has 2 nitrogen and oxygen atoms in total. The lowest BCUT2D eigenvalue weighted by atomic mass is 10.0. The molecule has 0 aliphatic rings. The summed E-state index contributed by atoms with van der Waals surface area (Å²) in [6.45, 7) is 3.55. The molecule has 1 atom stereocenters. The van der Waals surface area contributed by atoms with E-state index in [4.69, 9.17) is 10.5 Å². The van der Waals surface area contributed by atoms with Crippen LogP contribution < -0.4 is 10.5 Å². The van der Waals surface area contributed by atoms with Crippen molar-refractivity contribution in [2.24, 2.45) is 5.73 Å². The zero-order chi connectivity index (χ0) is 10.0. The summed E-state index contributed by atoms with van der Waals surface area (Å²) < 4.78 is 18.4. The molecular weight excluding hydrogens is 169 g/mol. The highest BCUT2D eigenvalue weighted by Gasteiger charge is 2.13. The number of hydrogen-bond acceptors (Lipinski definition) is 2. The van der Waals surface area contributed by atoms with Crippen LogP contribution in [0.25, 0.3) is 0 Å². The number of halogens is 1. The molecule has 2 N–H and O–H groups in total. The maximum atomic E-state index is 13.4. The van der Waals surface area contributed by atoms with Crippen molar-refractivity contribution in [3.05, 3.63) is 29.1 Å². The summed E-state index contributed by atoms with van der Waals surface area (Å²) in [5.74, 6) is 0.222.